The van der Waals surface area contributed by atoms with Crippen molar-refractivity contribution in [1.29, 1.82) is 0 Å². The van der Waals surface area contributed by atoms with Gasteiger partial charge in [0, 0.05) is 5.69 Å². The van der Waals surface area contributed by atoms with Crippen LogP contribution in [0, 0.1) is 6.92 Å². The van der Waals surface area contributed by atoms with Gasteiger partial charge in [0.25, 0.3) is 0 Å². The highest BCUT2D eigenvalue weighted by atomic mass is 32.2. The molecule has 0 aliphatic rings. The van der Waals surface area contributed by atoms with Crippen molar-refractivity contribution < 1.29 is 8.42 Å². The van der Waals surface area contributed by atoms with E-state index in [4.69, 9.17) is 0 Å². The smallest absolute Gasteiger partial charge is 0.236 e. The Labute approximate surface area is 108 Å². The zero-order valence-electron chi connectivity index (χ0n) is 9.84. The first-order valence-corrected chi connectivity index (χ1v) is 7.17. The zero-order valence-corrected chi connectivity index (χ0v) is 10.7. The van der Waals surface area contributed by atoms with Crippen LogP contribution in [0.1, 0.15) is 11.1 Å². The van der Waals surface area contributed by atoms with Gasteiger partial charge in [0.15, 0.2) is 0 Å². The predicted molar refractivity (Wildman–Crippen MR) is 73.6 cm³/mol. The molecule has 0 saturated carbocycles. The number of anilines is 1. The van der Waals surface area contributed by atoms with Gasteiger partial charge in [-0.1, -0.05) is 42.5 Å². The molecule has 93 valence electrons. The number of benzene rings is 2. The molecular weight excluding hydrogens is 246 g/mol. The van der Waals surface area contributed by atoms with Gasteiger partial charge < -0.3 is 0 Å². The van der Waals surface area contributed by atoms with Gasteiger partial charge in [0.2, 0.25) is 10.0 Å². The van der Waals surface area contributed by atoms with E-state index in [1.807, 2.05) is 18.2 Å². The SMILES string of the molecule is [CH2]c1ccc(NS(=O)(=O)Cc2ccccc2)cc1. The number of nitrogens with one attached hydrogen (secondary N) is 1. The highest BCUT2D eigenvalue weighted by Crippen LogP contribution is 2.13. The first-order chi connectivity index (χ1) is 8.55. The molecule has 3 nitrogen and oxygen atoms in total. The van der Waals surface area contributed by atoms with Crippen molar-refractivity contribution in [2.45, 2.75) is 5.75 Å². The molecule has 0 spiro atoms. The van der Waals surface area contributed by atoms with Gasteiger partial charge in [-0.3, -0.25) is 4.72 Å². The Morgan fingerprint density at radius 1 is 0.944 bits per heavy atom. The monoisotopic (exact) mass is 260 g/mol. The van der Waals surface area contributed by atoms with Crippen LogP contribution in [0.25, 0.3) is 0 Å². The van der Waals surface area contributed by atoms with E-state index in [1.54, 1.807) is 36.4 Å². The molecule has 2 aromatic rings. The maximum atomic E-state index is 11.9. The van der Waals surface area contributed by atoms with Crippen LogP contribution in [0.4, 0.5) is 5.69 Å². The third-order valence-corrected chi connectivity index (χ3v) is 3.69. The lowest BCUT2D eigenvalue weighted by Gasteiger charge is -2.08. The van der Waals surface area contributed by atoms with E-state index >= 15 is 0 Å². The standard InChI is InChI=1S/C14H14NO2S/c1-12-7-9-14(10-8-12)15-18(16,17)11-13-5-3-2-4-6-13/h2-10,15H,1,11H2. The average molecular weight is 260 g/mol. The lowest BCUT2D eigenvalue weighted by Crippen LogP contribution is -2.14. The summed E-state index contributed by atoms with van der Waals surface area (Å²) in [5.74, 6) is -0.0278. The van der Waals surface area contributed by atoms with Gasteiger partial charge in [0.05, 0.1) is 5.75 Å². The van der Waals surface area contributed by atoms with Gasteiger partial charge in [-0.15, -0.1) is 0 Å². The molecule has 0 heterocycles. The molecule has 18 heavy (non-hydrogen) atoms. The molecule has 2 rings (SSSR count). The Balaban J connectivity index is 2.10. The average Bonchev–Trinajstić information content (AvgIpc) is 2.32. The second-order valence-electron chi connectivity index (χ2n) is 4.04. The maximum absolute atomic E-state index is 11.9. The van der Waals surface area contributed by atoms with E-state index in [-0.39, 0.29) is 5.75 Å². The number of hydrogen-bond donors (Lipinski definition) is 1. The molecular formula is C14H14NO2S. The van der Waals surface area contributed by atoms with Crippen LogP contribution in [0.3, 0.4) is 0 Å². The van der Waals surface area contributed by atoms with Crippen LogP contribution >= 0.6 is 0 Å². The van der Waals surface area contributed by atoms with Crippen molar-refractivity contribution in [1.82, 2.24) is 0 Å². The van der Waals surface area contributed by atoms with E-state index in [2.05, 4.69) is 11.6 Å². The number of hydrogen-bond acceptors (Lipinski definition) is 2. The molecule has 0 unspecified atom stereocenters. The van der Waals surface area contributed by atoms with Crippen molar-refractivity contribution in [3.05, 3.63) is 72.6 Å². The second kappa shape index (κ2) is 5.23. The van der Waals surface area contributed by atoms with Crippen LogP contribution in [-0.2, 0) is 15.8 Å². The molecule has 0 saturated heterocycles. The predicted octanol–water partition coefficient (Wildman–Crippen LogP) is 2.81. The molecule has 1 radical (unpaired) electrons. The van der Waals surface area contributed by atoms with Crippen molar-refractivity contribution in [3.8, 4) is 0 Å². The van der Waals surface area contributed by atoms with Crippen molar-refractivity contribution >= 4 is 15.7 Å². The number of rotatable bonds is 4. The van der Waals surface area contributed by atoms with Gasteiger partial charge in [-0.05, 0) is 30.2 Å². The van der Waals surface area contributed by atoms with Crippen molar-refractivity contribution in [2.75, 3.05) is 4.72 Å². The quantitative estimate of drug-likeness (QED) is 0.918. The fourth-order valence-electron chi connectivity index (χ4n) is 1.58. The first kappa shape index (κ1) is 12.6. The second-order valence-corrected chi connectivity index (χ2v) is 5.77. The third kappa shape index (κ3) is 3.60. The fraction of sp³-hybridized carbons (Fsp3) is 0.0714. The molecule has 0 bridgehead atoms. The zero-order chi connectivity index (χ0) is 13.0. The third-order valence-electron chi connectivity index (χ3n) is 2.43. The van der Waals surface area contributed by atoms with Gasteiger partial charge >= 0.3 is 0 Å². The molecule has 1 N–H and O–H groups in total. The summed E-state index contributed by atoms with van der Waals surface area (Å²) in [7, 11) is -3.37. The minimum atomic E-state index is -3.37. The van der Waals surface area contributed by atoms with Gasteiger partial charge in [0.1, 0.15) is 0 Å². The molecule has 0 amide bonds. The molecule has 0 atom stereocenters. The van der Waals surface area contributed by atoms with E-state index in [0.717, 1.165) is 11.1 Å². The van der Waals surface area contributed by atoms with Gasteiger partial charge in [-0.25, -0.2) is 8.42 Å². The van der Waals surface area contributed by atoms with Crippen LogP contribution < -0.4 is 4.72 Å². The topological polar surface area (TPSA) is 46.2 Å². The summed E-state index contributed by atoms with van der Waals surface area (Å²) in [5.41, 5.74) is 2.16. The minimum absolute atomic E-state index is 0.0278. The van der Waals surface area contributed by atoms with Crippen LogP contribution in [0.15, 0.2) is 54.6 Å². The van der Waals surface area contributed by atoms with E-state index in [9.17, 15) is 8.42 Å². The van der Waals surface area contributed by atoms with Crippen molar-refractivity contribution in [2.24, 2.45) is 0 Å². The first-order valence-electron chi connectivity index (χ1n) is 5.52. The van der Waals surface area contributed by atoms with E-state index < -0.39 is 10.0 Å². The van der Waals surface area contributed by atoms with Crippen molar-refractivity contribution in [3.63, 3.8) is 0 Å². The summed E-state index contributed by atoms with van der Waals surface area (Å²) < 4.78 is 26.4. The van der Waals surface area contributed by atoms with E-state index in [1.165, 1.54) is 0 Å². The molecule has 4 heteroatoms. The largest absolute Gasteiger partial charge is 0.283 e. The Kier molecular flexibility index (Phi) is 3.67. The molecule has 0 aliphatic heterocycles. The molecule has 0 aromatic heterocycles. The lowest BCUT2D eigenvalue weighted by atomic mass is 10.2. The summed E-state index contributed by atoms with van der Waals surface area (Å²) >= 11 is 0. The van der Waals surface area contributed by atoms with Crippen LogP contribution in [0.5, 0.6) is 0 Å². The van der Waals surface area contributed by atoms with Crippen LogP contribution in [0.2, 0.25) is 0 Å². The summed E-state index contributed by atoms with van der Waals surface area (Å²) in [6.45, 7) is 3.75. The Morgan fingerprint density at radius 2 is 1.56 bits per heavy atom. The Morgan fingerprint density at radius 3 is 2.17 bits per heavy atom. The number of sulfonamides is 1. The molecule has 2 aromatic carbocycles. The molecule has 0 aliphatic carbocycles. The Hall–Kier alpha value is -1.81. The van der Waals surface area contributed by atoms with Gasteiger partial charge in [-0.2, -0.15) is 0 Å². The Bertz CT molecular complexity index is 604. The summed E-state index contributed by atoms with van der Waals surface area (Å²) in [5, 5.41) is 0. The highest BCUT2D eigenvalue weighted by molar-refractivity contribution is 7.91. The maximum Gasteiger partial charge on any atom is 0.236 e. The summed E-state index contributed by atoms with van der Waals surface area (Å²) in [6.07, 6.45) is 0. The summed E-state index contributed by atoms with van der Waals surface area (Å²) in [6, 6.07) is 16.0. The fourth-order valence-corrected chi connectivity index (χ4v) is 2.78. The van der Waals surface area contributed by atoms with Crippen LogP contribution in [-0.4, -0.2) is 8.42 Å². The minimum Gasteiger partial charge on any atom is -0.283 e. The lowest BCUT2D eigenvalue weighted by molar-refractivity contribution is 0.600. The molecule has 0 fully saturated rings. The normalized spacial score (nSPS) is 11.2. The highest BCUT2D eigenvalue weighted by Gasteiger charge is 2.11. The summed E-state index contributed by atoms with van der Waals surface area (Å²) in [4.78, 5) is 0. The van der Waals surface area contributed by atoms with E-state index in [0.29, 0.717) is 5.69 Å².